The van der Waals surface area contributed by atoms with Gasteiger partial charge in [0.05, 0.1) is 0 Å². The Morgan fingerprint density at radius 3 is 3.05 bits per heavy atom. The smallest absolute Gasteiger partial charge is 0.251 e. The summed E-state index contributed by atoms with van der Waals surface area (Å²) in [7, 11) is 0. The van der Waals surface area contributed by atoms with Crippen LogP contribution in [-0.4, -0.2) is 40.9 Å². The zero-order chi connectivity index (χ0) is 15.1. The SMILES string of the molecule is N#Cc1ccc2cc(C(=O)NC3CC4CCN(C4)C3)ccn12. The lowest BCUT2D eigenvalue weighted by Gasteiger charge is -2.30. The Bertz CT molecular complexity index is 761. The molecule has 2 saturated heterocycles. The van der Waals surface area contributed by atoms with Crippen molar-refractivity contribution in [1.82, 2.24) is 14.6 Å². The van der Waals surface area contributed by atoms with E-state index in [4.69, 9.17) is 5.26 Å². The van der Waals surface area contributed by atoms with Crippen LogP contribution in [0.1, 0.15) is 28.9 Å². The van der Waals surface area contributed by atoms with E-state index in [0.717, 1.165) is 24.4 Å². The van der Waals surface area contributed by atoms with Gasteiger partial charge >= 0.3 is 0 Å². The molecular formula is C17H18N4O. The van der Waals surface area contributed by atoms with Gasteiger partial charge in [-0.2, -0.15) is 5.26 Å². The maximum atomic E-state index is 12.5. The van der Waals surface area contributed by atoms with E-state index in [9.17, 15) is 4.79 Å². The van der Waals surface area contributed by atoms with Crippen LogP contribution in [0.2, 0.25) is 0 Å². The zero-order valence-corrected chi connectivity index (χ0v) is 12.3. The molecule has 1 amide bonds. The highest BCUT2D eigenvalue weighted by atomic mass is 16.1. The number of rotatable bonds is 2. The van der Waals surface area contributed by atoms with Gasteiger partial charge in [-0.25, -0.2) is 0 Å². The first-order valence-corrected chi connectivity index (χ1v) is 7.77. The van der Waals surface area contributed by atoms with Crippen LogP contribution in [0.15, 0.2) is 30.5 Å². The average Bonchev–Trinajstić information content (AvgIpc) is 3.09. The largest absolute Gasteiger partial charge is 0.348 e. The number of nitrogens with zero attached hydrogens (tertiary/aromatic N) is 3. The number of fused-ring (bicyclic) bond motifs is 3. The second-order valence-electron chi connectivity index (χ2n) is 6.36. The van der Waals surface area contributed by atoms with Gasteiger partial charge in [-0.05, 0) is 49.6 Å². The van der Waals surface area contributed by atoms with E-state index in [-0.39, 0.29) is 11.9 Å². The van der Waals surface area contributed by atoms with Gasteiger partial charge < -0.3 is 14.6 Å². The number of pyridine rings is 1. The molecule has 2 aliphatic heterocycles. The molecule has 0 saturated carbocycles. The number of carbonyl (C=O) groups is 1. The van der Waals surface area contributed by atoms with Crippen LogP contribution in [0.3, 0.4) is 0 Å². The number of amides is 1. The van der Waals surface area contributed by atoms with Gasteiger partial charge in [-0.15, -0.1) is 0 Å². The third kappa shape index (κ3) is 2.26. The summed E-state index contributed by atoms with van der Waals surface area (Å²) in [5.74, 6) is 0.722. The van der Waals surface area contributed by atoms with E-state index in [1.165, 1.54) is 19.5 Å². The van der Waals surface area contributed by atoms with Crippen LogP contribution in [0.5, 0.6) is 0 Å². The van der Waals surface area contributed by atoms with Crippen molar-refractivity contribution in [2.75, 3.05) is 19.6 Å². The first kappa shape index (κ1) is 13.4. The molecular weight excluding hydrogens is 276 g/mol. The molecule has 5 nitrogen and oxygen atoms in total. The quantitative estimate of drug-likeness (QED) is 0.916. The molecule has 112 valence electrons. The van der Waals surface area contributed by atoms with Crippen molar-refractivity contribution in [3.8, 4) is 6.07 Å². The fourth-order valence-electron chi connectivity index (χ4n) is 3.78. The van der Waals surface area contributed by atoms with Gasteiger partial charge in [-0.3, -0.25) is 4.79 Å². The Morgan fingerprint density at radius 1 is 1.32 bits per heavy atom. The normalized spacial score (nSPS) is 26.8. The van der Waals surface area contributed by atoms with Crippen molar-refractivity contribution in [3.63, 3.8) is 0 Å². The lowest BCUT2D eigenvalue weighted by Crippen LogP contribution is -2.47. The Labute approximate surface area is 129 Å². The summed E-state index contributed by atoms with van der Waals surface area (Å²) in [6, 6.07) is 9.64. The summed E-state index contributed by atoms with van der Waals surface area (Å²) >= 11 is 0. The molecule has 5 heteroatoms. The van der Waals surface area contributed by atoms with Crippen LogP contribution in [-0.2, 0) is 0 Å². The predicted molar refractivity (Wildman–Crippen MR) is 82.5 cm³/mol. The van der Waals surface area contributed by atoms with Crippen LogP contribution >= 0.6 is 0 Å². The second kappa shape index (κ2) is 5.15. The van der Waals surface area contributed by atoms with Crippen molar-refractivity contribution in [3.05, 3.63) is 41.7 Å². The van der Waals surface area contributed by atoms with E-state index in [0.29, 0.717) is 11.3 Å². The molecule has 0 aromatic carbocycles. The molecule has 2 fully saturated rings. The maximum Gasteiger partial charge on any atom is 0.251 e. The van der Waals surface area contributed by atoms with Gasteiger partial charge in [0.25, 0.3) is 5.91 Å². The summed E-state index contributed by atoms with van der Waals surface area (Å²) in [6.45, 7) is 3.33. The van der Waals surface area contributed by atoms with Gasteiger partial charge in [0.2, 0.25) is 0 Å². The molecule has 4 rings (SSSR count). The average molecular weight is 294 g/mol. The maximum absolute atomic E-state index is 12.5. The fourth-order valence-corrected chi connectivity index (χ4v) is 3.78. The molecule has 22 heavy (non-hydrogen) atoms. The number of hydrogen-bond donors (Lipinski definition) is 1. The Balaban J connectivity index is 1.52. The van der Waals surface area contributed by atoms with E-state index in [1.54, 1.807) is 22.7 Å². The van der Waals surface area contributed by atoms with E-state index in [2.05, 4.69) is 16.3 Å². The van der Waals surface area contributed by atoms with Crippen molar-refractivity contribution < 1.29 is 4.79 Å². The summed E-state index contributed by atoms with van der Waals surface area (Å²) in [6.07, 6.45) is 4.14. The van der Waals surface area contributed by atoms with Gasteiger partial charge in [0.15, 0.2) is 0 Å². The molecule has 4 heterocycles. The minimum Gasteiger partial charge on any atom is -0.348 e. The number of piperidine rings is 1. The molecule has 0 spiro atoms. The number of aromatic nitrogens is 1. The minimum absolute atomic E-state index is 0.0188. The van der Waals surface area contributed by atoms with Crippen molar-refractivity contribution in [2.45, 2.75) is 18.9 Å². The summed E-state index contributed by atoms with van der Waals surface area (Å²) < 4.78 is 1.79. The Hall–Kier alpha value is -2.32. The van der Waals surface area contributed by atoms with Crippen molar-refractivity contribution in [2.24, 2.45) is 5.92 Å². The lowest BCUT2D eigenvalue weighted by atomic mass is 9.96. The number of nitriles is 1. The minimum atomic E-state index is -0.0188. The highest BCUT2D eigenvalue weighted by molar-refractivity contribution is 5.95. The number of hydrogen-bond acceptors (Lipinski definition) is 3. The van der Waals surface area contributed by atoms with Crippen LogP contribution < -0.4 is 5.32 Å². The molecule has 0 radical (unpaired) electrons. The molecule has 2 bridgehead atoms. The predicted octanol–water partition coefficient (Wildman–Crippen LogP) is 1.63. The highest BCUT2D eigenvalue weighted by Crippen LogP contribution is 2.26. The highest BCUT2D eigenvalue weighted by Gasteiger charge is 2.32. The molecule has 0 aliphatic carbocycles. The van der Waals surface area contributed by atoms with Gasteiger partial charge in [0.1, 0.15) is 11.8 Å². The van der Waals surface area contributed by atoms with Crippen LogP contribution in [0.25, 0.3) is 5.52 Å². The first-order valence-electron chi connectivity index (χ1n) is 7.77. The lowest BCUT2D eigenvalue weighted by molar-refractivity contribution is 0.0909. The Morgan fingerprint density at radius 2 is 2.23 bits per heavy atom. The standard InChI is InChI=1S/C17H18N4O/c18-9-16-2-1-15-8-13(4-6-21(15)16)17(22)19-14-7-12-3-5-20(10-12)11-14/h1-2,4,6,8,12,14H,3,5,7,10-11H2,(H,19,22). The molecule has 2 aromatic rings. The van der Waals surface area contributed by atoms with E-state index < -0.39 is 0 Å². The fraction of sp³-hybridized carbons (Fsp3) is 0.412. The van der Waals surface area contributed by atoms with Crippen molar-refractivity contribution >= 4 is 11.4 Å². The number of nitrogens with one attached hydrogen (secondary N) is 1. The van der Waals surface area contributed by atoms with Gasteiger partial charge in [0, 0.05) is 36.4 Å². The molecule has 3 unspecified atom stereocenters. The van der Waals surface area contributed by atoms with Crippen LogP contribution in [0.4, 0.5) is 0 Å². The summed E-state index contributed by atoms with van der Waals surface area (Å²) in [5, 5.41) is 12.2. The molecule has 1 N–H and O–H groups in total. The third-order valence-electron chi connectivity index (χ3n) is 4.83. The van der Waals surface area contributed by atoms with E-state index >= 15 is 0 Å². The zero-order valence-electron chi connectivity index (χ0n) is 12.3. The molecule has 2 aliphatic rings. The summed E-state index contributed by atoms with van der Waals surface area (Å²) in [4.78, 5) is 14.9. The monoisotopic (exact) mass is 294 g/mol. The molecule has 2 aromatic heterocycles. The second-order valence-corrected chi connectivity index (χ2v) is 6.36. The number of carbonyl (C=O) groups excluding carboxylic acids is 1. The third-order valence-corrected chi connectivity index (χ3v) is 4.83. The first-order chi connectivity index (χ1) is 10.7. The topological polar surface area (TPSA) is 60.5 Å². The van der Waals surface area contributed by atoms with E-state index in [1.807, 2.05) is 12.1 Å². The summed E-state index contributed by atoms with van der Waals surface area (Å²) in [5.41, 5.74) is 2.11. The van der Waals surface area contributed by atoms with Gasteiger partial charge in [-0.1, -0.05) is 0 Å². The van der Waals surface area contributed by atoms with Crippen LogP contribution in [0, 0.1) is 17.2 Å². The molecule has 3 atom stereocenters. The Kier molecular flexibility index (Phi) is 3.12. The van der Waals surface area contributed by atoms with Crippen molar-refractivity contribution in [1.29, 1.82) is 5.26 Å².